The van der Waals surface area contributed by atoms with Gasteiger partial charge in [0.05, 0.1) is 17.2 Å². The third-order valence-electron chi connectivity index (χ3n) is 3.88. The van der Waals surface area contributed by atoms with Crippen LogP contribution in [0, 0.1) is 12.8 Å². The summed E-state index contributed by atoms with van der Waals surface area (Å²) in [5.41, 5.74) is 6.37. The zero-order valence-corrected chi connectivity index (χ0v) is 13.2. The fourth-order valence-corrected chi connectivity index (χ4v) is 2.93. The average Bonchev–Trinajstić information content (AvgIpc) is 3.02. The van der Waals surface area contributed by atoms with Gasteiger partial charge in [0.25, 0.3) is 5.91 Å². The number of likely N-dealkylation sites (tertiary alicyclic amines) is 1. The van der Waals surface area contributed by atoms with Crippen LogP contribution in [0.15, 0.2) is 0 Å². The van der Waals surface area contributed by atoms with Crippen LogP contribution in [-0.4, -0.2) is 39.6 Å². The van der Waals surface area contributed by atoms with Crippen molar-refractivity contribution in [2.45, 2.75) is 39.7 Å². The normalized spacial score (nSPS) is 18.2. The second-order valence-corrected chi connectivity index (χ2v) is 5.83. The van der Waals surface area contributed by atoms with Crippen molar-refractivity contribution in [3.63, 3.8) is 0 Å². The summed E-state index contributed by atoms with van der Waals surface area (Å²) in [5.74, 6) is -0.779. The first kappa shape index (κ1) is 15.8. The molecule has 0 spiro atoms. The molecule has 6 nitrogen and oxygen atoms in total. The minimum atomic E-state index is -0.355. The van der Waals surface area contributed by atoms with E-state index in [1.54, 1.807) is 16.5 Å². The molecule has 1 fully saturated rings. The highest BCUT2D eigenvalue weighted by Crippen LogP contribution is 2.25. The van der Waals surface area contributed by atoms with E-state index >= 15 is 0 Å². The molecule has 21 heavy (non-hydrogen) atoms. The Morgan fingerprint density at radius 1 is 1.48 bits per heavy atom. The summed E-state index contributed by atoms with van der Waals surface area (Å²) in [6, 6.07) is 0. The van der Waals surface area contributed by atoms with E-state index in [4.69, 9.17) is 17.3 Å². The van der Waals surface area contributed by atoms with Crippen LogP contribution in [0.3, 0.4) is 0 Å². The number of hydrogen-bond acceptors (Lipinski definition) is 3. The summed E-state index contributed by atoms with van der Waals surface area (Å²) in [7, 11) is 0. The van der Waals surface area contributed by atoms with E-state index in [0.717, 1.165) is 12.8 Å². The molecule has 2 rings (SSSR count). The third-order valence-corrected chi connectivity index (χ3v) is 4.26. The number of carbonyl (C=O) groups excluding carboxylic acids is 2. The Balaban J connectivity index is 2.16. The monoisotopic (exact) mass is 312 g/mol. The highest BCUT2D eigenvalue weighted by atomic mass is 35.5. The van der Waals surface area contributed by atoms with Gasteiger partial charge in [-0.25, -0.2) is 0 Å². The summed E-state index contributed by atoms with van der Waals surface area (Å²) in [5, 5.41) is 4.72. The molecular formula is C14H21ClN4O2. The van der Waals surface area contributed by atoms with Gasteiger partial charge in [0.2, 0.25) is 5.91 Å². The van der Waals surface area contributed by atoms with E-state index in [0.29, 0.717) is 42.5 Å². The quantitative estimate of drug-likeness (QED) is 0.896. The van der Waals surface area contributed by atoms with Crippen molar-refractivity contribution in [2.24, 2.45) is 11.7 Å². The molecule has 0 saturated carbocycles. The van der Waals surface area contributed by atoms with E-state index in [1.165, 1.54) is 0 Å². The first-order chi connectivity index (χ1) is 9.95. The van der Waals surface area contributed by atoms with Crippen molar-refractivity contribution in [1.82, 2.24) is 14.7 Å². The number of aryl methyl sites for hydroxylation is 2. The second-order valence-electron chi connectivity index (χ2n) is 5.47. The van der Waals surface area contributed by atoms with E-state index in [9.17, 15) is 9.59 Å². The first-order valence-electron chi connectivity index (χ1n) is 7.27. The topological polar surface area (TPSA) is 81.2 Å². The molecule has 0 aliphatic carbocycles. The van der Waals surface area contributed by atoms with Crippen molar-refractivity contribution in [3.05, 3.63) is 16.4 Å². The molecule has 1 aliphatic rings. The van der Waals surface area contributed by atoms with Crippen LogP contribution in [0.2, 0.25) is 5.15 Å². The van der Waals surface area contributed by atoms with Gasteiger partial charge in [-0.2, -0.15) is 5.10 Å². The zero-order chi connectivity index (χ0) is 15.6. The first-order valence-corrected chi connectivity index (χ1v) is 7.65. The van der Waals surface area contributed by atoms with Crippen LogP contribution in [0.4, 0.5) is 0 Å². The maximum absolute atomic E-state index is 12.6. The summed E-state index contributed by atoms with van der Waals surface area (Å²) >= 11 is 6.30. The highest BCUT2D eigenvalue weighted by molar-refractivity contribution is 6.33. The van der Waals surface area contributed by atoms with Crippen molar-refractivity contribution in [3.8, 4) is 0 Å². The predicted molar refractivity (Wildman–Crippen MR) is 80.1 cm³/mol. The van der Waals surface area contributed by atoms with Crippen LogP contribution < -0.4 is 5.73 Å². The number of nitrogens with zero attached hydrogens (tertiary/aromatic N) is 3. The number of carbonyl (C=O) groups is 2. The van der Waals surface area contributed by atoms with Crippen molar-refractivity contribution in [1.29, 1.82) is 0 Å². The summed E-state index contributed by atoms with van der Waals surface area (Å²) < 4.78 is 1.68. The summed E-state index contributed by atoms with van der Waals surface area (Å²) in [6.07, 6.45) is 2.61. The second kappa shape index (κ2) is 6.47. The molecule has 0 bridgehead atoms. The smallest absolute Gasteiger partial charge is 0.258 e. The van der Waals surface area contributed by atoms with Crippen molar-refractivity contribution >= 4 is 23.4 Å². The van der Waals surface area contributed by atoms with Gasteiger partial charge in [0.1, 0.15) is 5.15 Å². The van der Waals surface area contributed by atoms with E-state index in [2.05, 4.69) is 12.0 Å². The number of primary amides is 1. The third kappa shape index (κ3) is 3.20. The molecule has 116 valence electrons. The predicted octanol–water partition coefficient (Wildman–Crippen LogP) is 1.59. The Morgan fingerprint density at radius 2 is 2.19 bits per heavy atom. The molecule has 1 aromatic rings. The summed E-state index contributed by atoms with van der Waals surface area (Å²) in [4.78, 5) is 25.4. The number of hydrogen-bond donors (Lipinski definition) is 1. The fraction of sp³-hybridized carbons (Fsp3) is 0.643. The molecule has 0 aromatic carbocycles. The highest BCUT2D eigenvalue weighted by Gasteiger charge is 2.33. The van der Waals surface area contributed by atoms with Gasteiger partial charge >= 0.3 is 0 Å². The molecule has 1 aliphatic heterocycles. The Morgan fingerprint density at radius 3 is 2.76 bits per heavy atom. The lowest BCUT2D eigenvalue weighted by Crippen LogP contribution is -2.32. The van der Waals surface area contributed by atoms with Gasteiger partial charge in [-0.15, -0.1) is 0 Å². The minimum absolute atomic E-state index is 0.163. The van der Waals surface area contributed by atoms with Gasteiger partial charge in [0, 0.05) is 19.6 Å². The Labute approximate surface area is 129 Å². The van der Waals surface area contributed by atoms with Crippen LogP contribution in [0.5, 0.6) is 0 Å². The lowest BCUT2D eigenvalue weighted by Gasteiger charge is -2.15. The molecule has 1 aromatic heterocycles. The number of halogens is 1. The van der Waals surface area contributed by atoms with E-state index in [1.807, 2.05) is 0 Å². The van der Waals surface area contributed by atoms with Crippen LogP contribution in [0.25, 0.3) is 0 Å². The Hall–Kier alpha value is -1.56. The van der Waals surface area contributed by atoms with Gasteiger partial charge in [0.15, 0.2) is 0 Å². The van der Waals surface area contributed by atoms with Crippen LogP contribution >= 0.6 is 11.6 Å². The van der Waals surface area contributed by atoms with Crippen LogP contribution in [-0.2, 0) is 11.3 Å². The van der Waals surface area contributed by atoms with E-state index in [-0.39, 0.29) is 17.7 Å². The van der Waals surface area contributed by atoms with Gasteiger partial charge in [-0.05, 0) is 19.8 Å². The molecule has 2 heterocycles. The Bertz CT molecular complexity index is 555. The lowest BCUT2D eigenvalue weighted by molar-refractivity contribution is -0.121. The number of rotatable bonds is 5. The van der Waals surface area contributed by atoms with Crippen LogP contribution in [0.1, 0.15) is 42.2 Å². The standard InChI is InChI=1S/C14H21ClN4O2/c1-3-4-6-19-12(15)11(9(2)17-19)14(21)18-7-5-10(8-18)13(16)20/h10H,3-8H2,1-2H3,(H2,16,20)/t10-/m1/s1. The molecule has 0 radical (unpaired) electrons. The number of aromatic nitrogens is 2. The summed E-state index contributed by atoms with van der Waals surface area (Å²) in [6.45, 7) is 5.47. The average molecular weight is 313 g/mol. The minimum Gasteiger partial charge on any atom is -0.369 e. The molecular weight excluding hydrogens is 292 g/mol. The number of unbranched alkanes of at least 4 members (excludes halogenated alkanes) is 1. The molecule has 7 heteroatoms. The lowest BCUT2D eigenvalue weighted by atomic mass is 10.1. The zero-order valence-electron chi connectivity index (χ0n) is 12.4. The maximum Gasteiger partial charge on any atom is 0.258 e. The maximum atomic E-state index is 12.6. The Kier molecular flexibility index (Phi) is 4.88. The fourth-order valence-electron chi connectivity index (χ4n) is 2.59. The number of nitrogens with two attached hydrogens (primary N) is 1. The van der Waals surface area contributed by atoms with Crippen molar-refractivity contribution in [2.75, 3.05) is 13.1 Å². The molecule has 1 atom stereocenters. The molecule has 0 unspecified atom stereocenters. The van der Waals surface area contributed by atoms with Gasteiger partial charge in [-0.3, -0.25) is 14.3 Å². The largest absolute Gasteiger partial charge is 0.369 e. The van der Waals surface area contributed by atoms with Gasteiger partial charge in [-0.1, -0.05) is 24.9 Å². The molecule has 2 N–H and O–H groups in total. The van der Waals surface area contributed by atoms with E-state index < -0.39 is 0 Å². The number of amides is 2. The van der Waals surface area contributed by atoms with Crippen molar-refractivity contribution < 1.29 is 9.59 Å². The SMILES string of the molecule is CCCCn1nc(C)c(C(=O)N2CC[C@@H](C(N)=O)C2)c1Cl. The van der Waals surface area contributed by atoms with Gasteiger partial charge < -0.3 is 10.6 Å². The molecule has 2 amide bonds. The molecule has 1 saturated heterocycles.